The predicted molar refractivity (Wildman–Crippen MR) is 66.7 cm³/mol. The zero-order chi connectivity index (χ0) is 11.2. The smallest absolute Gasteiger partial charge is 0.0593 e. The highest BCUT2D eigenvalue weighted by Crippen LogP contribution is 2.19. The van der Waals surface area contributed by atoms with Crippen LogP contribution in [0.5, 0.6) is 0 Å². The van der Waals surface area contributed by atoms with Crippen LogP contribution in [0.1, 0.15) is 39.0 Å². The van der Waals surface area contributed by atoms with Crippen LogP contribution in [-0.2, 0) is 4.74 Å². The van der Waals surface area contributed by atoms with Crippen molar-refractivity contribution in [1.29, 1.82) is 0 Å². The van der Waals surface area contributed by atoms with Gasteiger partial charge in [-0.2, -0.15) is 0 Å². The lowest BCUT2D eigenvalue weighted by molar-refractivity contribution is 0.128. The van der Waals surface area contributed by atoms with E-state index in [4.69, 9.17) is 4.74 Å². The fourth-order valence-corrected chi connectivity index (χ4v) is 2.47. The van der Waals surface area contributed by atoms with Gasteiger partial charge in [-0.15, -0.1) is 0 Å². The van der Waals surface area contributed by atoms with Crippen molar-refractivity contribution in [2.75, 3.05) is 32.8 Å². The average molecular weight is 226 g/mol. The number of hydrogen-bond donors (Lipinski definition) is 1. The number of rotatable bonds is 6. The number of nitrogens with one attached hydrogen (secondary N) is 1. The van der Waals surface area contributed by atoms with E-state index in [9.17, 15) is 0 Å². The lowest BCUT2D eigenvalue weighted by atomic mass is 10.1. The van der Waals surface area contributed by atoms with Gasteiger partial charge < -0.3 is 10.1 Å². The molecule has 1 saturated carbocycles. The van der Waals surface area contributed by atoms with E-state index in [-0.39, 0.29) is 0 Å². The molecule has 3 nitrogen and oxygen atoms in total. The number of nitrogens with zero attached hydrogens (tertiary/aromatic N) is 1. The molecule has 1 N–H and O–H groups in total. The molecule has 1 aliphatic carbocycles. The third-order valence-electron chi connectivity index (χ3n) is 3.61. The van der Waals surface area contributed by atoms with Gasteiger partial charge in [0, 0.05) is 38.3 Å². The van der Waals surface area contributed by atoms with E-state index in [2.05, 4.69) is 17.1 Å². The zero-order valence-electron chi connectivity index (χ0n) is 10.6. The summed E-state index contributed by atoms with van der Waals surface area (Å²) in [7, 11) is 0. The molecule has 1 heterocycles. The van der Waals surface area contributed by atoms with E-state index >= 15 is 0 Å². The summed E-state index contributed by atoms with van der Waals surface area (Å²) in [6.07, 6.45) is 6.58. The maximum Gasteiger partial charge on any atom is 0.0593 e. The van der Waals surface area contributed by atoms with Crippen LogP contribution in [0.4, 0.5) is 0 Å². The molecule has 0 spiro atoms. The molecule has 2 rings (SSSR count). The molecule has 0 radical (unpaired) electrons. The van der Waals surface area contributed by atoms with Gasteiger partial charge in [0.25, 0.3) is 0 Å². The van der Waals surface area contributed by atoms with Crippen molar-refractivity contribution in [3.63, 3.8) is 0 Å². The maximum atomic E-state index is 5.53. The quantitative estimate of drug-likeness (QED) is 0.745. The fourth-order valence-electron chi connectivity index (χ4n) is 2.47. The molecule has 2 fully saturated rings. The van der Waals surface area contributed by atoms with Crippen molar-refractivity contribution in [1.82, 2.24) is 10.2 Å². The molecule has 1 aliphatic heterocycles. The van der Waals surface area contributed by atoms with Gasteiger partial charge in [0.15, 0.2) is 0 Å². The van der Waals surface area contributed by atoms with Crippen molar-refractivity contribution in [2.45, 2.75) is 51.1 Å². The predicted octanol–water partition coefficient (Wildman–Crippen LogP) is 1.63. The normalized spacial score (nSPS) is 25.3. The third-order valence-corrected chi connectivity index (χ3v) is 3.61. The Morgan fingerprint density at radius 3 is 2.94 bits per heavy atom. The molecule has 1 unspecified atom stereocenters. The summed E-state index contributed by atoms with van der Waals surface area (Å²) in [5.41, 5.74) is 0. The Morgan fingerprint density at radius 1 is 1.31 bits per heavy atom. The van der Waals surface area contributed by atoms with E-state index in [0.29, 0.717) is 0 Å². The average Bonchev–Trinajstić information content (AvgIpc) is 3.11. The molecule has 1 saturated heterocycles. The van der Waals surface area contributed by atoms with Crippen LogP contribution in [0.3, 0.4) is 0 Å². The summed E-state index contributed by atoms with van der Waals surface area (Å²) >= 11 is 0. The Kier molecular flexibility index (Phi) is 5.07. The summed E-state index contributed by atoms with van der Waals surface area (Å²) in [5, 5.41) is 3.68. The number of hydrogen-bond acceptors (Lipinski definition) is 3. The van der Waals surface area contributed by atoms with Crippen LogP contribution in [-0.4, -0.2) is 49.8 Å². The topological polar surface area (TPSA) is 24.5 Å². The van der Waals surface area contributed by atoms with Gasteiger partial charge in [0.05, 0.1) is 6.61 Å². The van der Waals surface area contributed by atoms with Gasteiger partial charge in [-0.25, -0.2) is 0 Å². The minimum atomic E-state index is 0.729. The first-order valence-corrected chi connectivity index (χ1v) is 6.95. The molecule has 0 bridgehead atoms. The van der Waals surface area contributed by atoms with Crippen LogP contribution in [0.25, 0.3) is 0 Å². The van der Waals surface area contributed by atoms with E-state index in [0.717, 1.165) is 31.8 Å². The first kappa shape index (κ1) is 12.3. The zero-order valence-corrected chi connectivity index (χ0v) is 10.6. The van der Waals surface area contributed by atoms with Gasteiger partial charge >= 0.3 is 0 Å². The van der Waals surface area contributed by atoms with Gasteiger partial charge in [0.1, 0.15) is 0 Å². The molecule has 0 aromatic rings. The van der Waals surface area contributed by atoms with Crippen LogP contribution < -0.4 is 5.32 Å². The lowest BCUT2D eigenvalue weighted by Crippen LogP contribution is -2.44. The van der Waals surface area contributed by atoms with Gasteiger partial charge in [-0.05, 0) is 25.7 Å². The van der Waals surface area contributed by atoms with Gasteiger partial charge in [0.2, 0.25) is 0 Å². The molecule has 1 atom stereocenters. The van der Waals surface area contributed by atoms with E-state index in [1.54, 1.807) is 0 Å². The van der Waals surface area contributed by atoms with E-state index in [1.807, 2.05) is 0 Å². The van der Waals surface area contributed by atoms with E-state index in [1.165, 1.54) is 45.2 Å². The number of ether oxygens (including phenoxy) is 1. The molecular formula is C13H26N2O. The first-order chi connectivity index (χ1) is 7.90. The minimum absolute atomic E-state index is 0.729. The van der Waals surface area contributed by atoms with Crippen LogP contribution in [0.2, 0.25) is 0 Å². The van der Waals surface area contributed by atoms with Crippen molar-refractivity contribution >= 4 is 0 Å². The minimum Gasteiger partial charge on any atom is -0.380 e. The summed E-state index contributed by atoms with van der Waals surface area (Å²) in [6, 6.07) is 1.56. The first-order valence-electron chi connectivity index (χ1n) is 6.95. The second kappa shape index (κ2) is 6.58. The van der Waals surface area contributed by atoms with Crippen molar-refractivity contribution in [3.05, 3.63) is 0 Å². The molecule has 0 aromatic carbocycles. The third kappa shape index (κ3) is 4.04. The molecule has 0 amide bonds. The van der Waals surface area contributed by atoms with Gasteiger partial charge in [-0.3, -0.25) is 4.90 Å². The van der Waals surface area contributed by atoms with Crippen molar-refractivity contribution in [3.8, 4) is 0 Å². The van der Waals surface area contributed by atoms with Crippen LogP contribution >= 0.6 is 0 Å². The van der Waals surface area contributed by atoms with Crippen LogP contribution in [0, 0.1) is 0 Å². The summed E-state index contributed by atoms with van der Waals surface area (Å²) in [4.78, 5) is 2.63. The highest BCUT2D eigenvalue weighted by Gasteiger charge is 2.24. The summed E-state index contributed by atoms with van der Waals surface area (Å²) in [5.74, 6) is 0. The lowest BCUT2D eigenvalue weighted by Gasteiger charge is -2.30. The Bertz CT molecular complexity index is 186. The van der Waals surface area contributed by atoms with Crippen LogP contribution in [0.15, 0.2) is 0 Å². The highest BCUT2D eigenvalue weighted by molar-refractivity contribution is 4.84. The SMILES string of the molecule is CCCC(CNC1CC1)N1CCCOCC1. The molecule has 0 aromatic heterocycles. The molecule has 3 heteroatoms. The summed E-state index contributed by atoms with van der Waals surface area (Å²) < 4.78 is 5.53. The Labute approximate surface area is 99.5 Å². The van der Waals surface area contributed by atoms with Gasteiger partial charge in [-0.1, -0.05) is 13.3 Å². The second-order valence-corrected chi connectivity index (χ2v) is 5.13. The molecule has 16 heavy (non-hydrogen) atoms. The van der Waals surface area contributed by atoms with Crippen molar-refractivity contribution < 1.29 is 4.74 Å². The monoisotopic (exact) mass is 226 g/mol. The highest BCUT2D eigenvalue weighted by atomic mass is 16.5. The second-order valence-electron chi connectivity index (χ2n) is 5.13. The molecular weight excluding hydrogens is 200 g/mol. The Hall–Kier alpha value is -0.120. The molecule has 94 valence electrons. The fraction of sp³-hybridized carbons (Fsp3) is 1.00. The Balaban J connectivity index is 1.77. The largest absolute Gasteiger partial charge is 0.380 e. The van der Waals surface area contributed by atoms with Crippen molar-refractivity contribution in [2.24, 2.45) is 0 Å². The Morgan fingerprint density at radius 2 is 2.19 bits per heavy atom. The standard InChI is InChI=1S/C13H26N2O/c1-2-4-13(11-14-12-5-6-12)15-7-3-9-16-10-8-15/h12-14H,2-11H2,1H3. The summed E-state index contributed by atoms with van der Waals surface area (Å²) in [6.45, 7) is 7.68. The maximum absolute atomic E-state index is 5.53. The molecule has 2 aliphatic rings. The van der Waals surface area contributed by atoms with E-state index < -0.39 is 0 Å².